The summed E-state index contributed by atoms with van der Waals surface area (Å²) < 4.78 is 49.0. The summed E-state index contributed by atoms with van der Waals surface area (Å²) in [6.07, 6.45) is 1.72. The van der Waals surface area contributed by atoms with Gasteiger partial charge in [0, 0.05) is 11.8 Å². The highest BCUT2D eigenvalue weighted by atomic mass is 35.5. The number of ether oxygens (including phenoxy) is 1. The summed E-state index contributed by atoms with van der Waals surface area (Å²) in [5, 5.41) is 2.74. The van der Waals surface area contributed by atoms with Gasteiger partial charge in [-0.2, -0.15) is 0 Å². The largest absolute Gasteiger partial charge is 0.444 e. The first-order valence-corrected chi connectivity index (χ1v) is 11.2. The zero-order valence-corrected chi connectivity index (χ0v) is 19.1. The van der Waals surface area contributed by atoms with E-state index < -0.39 is 40.4 Å². The molecule has 0 saturated carbocycles. The highest BCUT2D eigenvalue weighted by molar-refractivity contribution is 7.83. The lowest BCUT2D eigenvalue weighted by molar-refractivity contribution is 0.0562. The smallest absolute Gasteiger partial charge is 0.414 e. The van der Waals surface area contributed by atoms with E-state index in [9.17, 15) is 17.8 Å². The topological polar surface area (TPSA) is 92.7 Å². The number of guanidine groups is 1. The van der Waals surface area contributed by atoms with E-state index in [4.69, 9.17) is 16.3 Å². The molecule has 2 unspecified atom stereocenters. The lowest BCUT2D eigenvalue weighted by Crippen LogP contribution is -2.47. The Morgan fingerprint density at radius 3 is 2.75 bits per heavy atom. The fraction of sp³-hybridized carbons (Fsp3) is 0.286. The van der Waals surface area contributed by atoms with Crippen molar-refractivity contribution in [3.63, 3.8) is 0 Å². The molecular weight excluding hydrogens is 462 g/mol. The number of halogens is 3. The van der Waals surface area contributed by atoms with Gasteiger partial charge in [0.2, 0.25) is 5.96 Å². The summed E-state index contributed by atoms with van der Waals surface area (Å²) in [6, 6.07) is 6.04. The zero-order valence-electron chi connectivity index (χ0n) is 17.5. The number of amides is 1. The van der Waals surface area contributed by atoms with E-state index in [1.165, 1.54) is 42.6 Å². The fourth-order valence-corrected chi connectivity index (χ4v) is 3.83. The molecule has 0 saturated heterocycles. The number of hydrogen-bond donors (Lipinski definition) is 2. The highest BCUT2D eigenvalue weighted by Gasteiger charge is 2.26. The molecule has 2 N–H and O–H groups in total. The van der Waals surface area contributed by atoms with Crippen LogP contribution in [-0.4, -0.2) is 32.6 Å². The Kier molecular flexibility index (Phi) is 7.25. The van der Waals surface area contributed by atoms with Gasteiger partial charge in [-0.15, -0.1) is 0 Å². The number of carbonyl (C=O) groups excluding carboxylic acids is 1. The van der Waals surface area contributed by atoms with Crippen LogP contribution in [0.5, 0.6) is 0 Å². The lowest BCUT2D eigenvalue weighted by Gasteiger charge is -2.24. The number of pyridine rings is 1. The van der Waals surface area contributed by atoms with Gasteiger partial charge >= 0.3 is 6.09 Å². The average Bonchev–Trinajstić information content (AvgIpc) is 2.68. The third kappa shape index (κ3) is 6.57. The predicted molar refractivity (Wildman–Crippen MR) is 120 cm³/mol. The Balaban J connectivity index is 1.86. The number of aliphatic imine (C=N–C) groups is 1. The van der Waals surface area contributed by atoms with E-state index in [0.29, 0.717) is 10.6 Å². The molecule has 1 amide bonds. The predicted octanol–water partition coefficient (Wildman–Crippen LogP) is 4.53. The normalized spacial score (nSPS) is 19.1. The van der Waals surface area contributed by atoms with Crippen LogP contribution in [0.25, 0.3) is 11.9 Å². The molecule has 2 heterocycles. The van der Waals surface area contributed by atoms with Gasteiger partial charge in [-0.05, 0) is 56.7 Å². The van der Waals surface area contributed by atoms with Gasteiger partial charge in [0.1, 0.15) is 28.2 Å². The summed E-state index contributed by atoms with van der Waals surface area (Å²) in [5.74, 6) is -1.38. The van der Waals surface area contributed by atoms with Crippen LogP contribution in [0, 0.1) is 5.82 Å². The molecule has 11 heteroatoms. The first-order chi connectivity index (χ1) is 15.0. The summed E-state index contributed by atoms with van der Waals surface area (Å²) in [4.78, 5) is 20.1. The van der Waals surface area contributed by atoms with Crippen molar-refractivity contribution in [2.75, 3.05) is 5.75 Å². The number of carbonyl (C=O) groups is 1. The van der Waals surface area contributed by atoms with Crippen LogP contribution in [0.15, 0.2) is 41.5 Å². The molecular formula is C21H21ClF2N4O3S. The van der Waals surface area contributed by atoms with Crippen LogP contribution < -0.4 is 10.0 Å². The Morgan fingerprint density at radius 2 is 2.09 bits per heavy atom. The maximum atomic E-state index is 14.6. The Morgan fingerprint density at radius 1 is 1.34 bits per heavy atom. The van der Waals surface area contributed by atoms with Crippen molar-refractivity contribution in [1.29, 1.82) is 0 Å². The molecule has 0 spiro atoms. The standard InChI is InChI=1S/C21H21ClF2N4O3S/c1-21(2,3)31-20(29)27-19-26-18(11-32(30)28-19)14-8-12(4-6-15(14)23)9-16(24)17-7-5-13(22)10-25-17/h4-10,18H,11H2,1-3H3,(H2,26,27,28,29)/b16-9-. The maximum absolute atomic E-state index is 14.6. The SMILES string of the molecule is CC(C)(C)OC(=O)NC1=NC(c2cc(/C=C(\F)c3ccc(Cl)cn3)ccc2F)CS(=O)N1. The molecule has 1 aromatic heterocycles. The molecule has 0 aliphatic carbocycles. The minimum absolute atomic E-state index is 0.0369. The number of nitrogens with zero attached hydrogens (tertiary/aromatic N) is 2. The molecule has 0 radical (unpaired) electrons. The average molecular weight is 483 g/mol. The van der Waals surface area contributed by atoms with Gasteiger partial charge in [-0.1, -0.05) is 17.7 Å². The van der Waals surface area contributed by atoms with Crippen molar-refractivity contribution in [3.05, 3.63) is 64.2 Å². The first kappa shape index (κ1) is 23.8. The van der Waals surface area contributed by atoms with Gasteiger partial charge in [-0.3, -0.25) is 15.0 Å². The van der Waals surface area contributed by atoms with E-state index in [2.05, 4.69) is 20.0 Å². The molecule has 7 nitrogen and oxygen atoms in total. The van der Waals surface area contributed by atoms with Crippen LogP contribution in [0.1, 0.15) is 43.6 Å². The van der Waals surface area contributed by atoms with Crippen molar-refractivity contribution in [2.45, 2.75) is 32.4 Å². The Bertz CT molecular complexity index is 1100. The number of hydrogen-bond acceptors (Lipinski definition) is 5. The van der Waals surface area contributed by atoms with E-state index in [1.807, 2.05) is 0 Å². The lowest BCUT2D eigenvalue weighted by atomic mass is 10.0. The number of alkyl carbamates (subject to hydrolysis) is 1. The quantitative estimate of drug-likeness (QED) is 0.672. The highest BCUT2D eigenvalue weighted by Crippen LogP contribution is 2.27. The number of nitrogens with one attached hydrogen (secondary N) is 2. The van der Waals surface area contributed by atoms with Crippen molar-refractivity contribution in [1.82, 2.24) is 15.0 Å². The van der Waals surface area contributed by atoms with Crippen LogP contribution in [0.3, 0.4) is 0 Å². The third-order valence-electron chi connectivity index (χ3n) is 4.07. The van der Waals surface area contributed by atoms with Crippen molar-refractivity contribution in [3.8, 4) is 0 Å². The second-order valence-electron chi connectivity index (χ2n) is 7.87. The van der Waals surface area contributed by atoms with Gasteiger partial charge in [0.25, 0.3) is 0 Å². The van der Waals surface area contributed by atoms with E-state index >= 15 is 0 Å². The molecule has 1 aromatic carbocycles. The summed E-state index contributed by atoms with van der Waals surface area (Å²) in [5.41, 5.74) is -0.205. The monoisotopic (exact) mass is 482 g/mol. The molecule has 0 fully saturated rings. The molecule has 32 heavy (non-hydrogen) atoms. The third-order valence-corrected chi connectivity index (χ3v) is 5.33. The molecule has 2 atom stereocenters. The van der Waals surface area contributed by atoms with E-state index in [-0.39, 0.29) is 23.0 Å². The summed E-state index contributed by atoms with van der Waals surface area (Å²) >= 11 is 5.76. The Labute approximate surface area is 191 Å². The van der Waals surface area contributed by atoms with Gasteiger partial charge in [-0.25, -0.2) is 22.8 Å². The second kappa shape index (κ2) is 9.74. The van der Waals surface area contributed by atoms with Crippen LogP contribution in [0.4, 0.5) is 13.6 Å². The van der Waals surface area contributed by atoms with Gasteiger partial charge < -0.3 is 4.74 Å². The maximum Gasteiger partial charge on any atom is 0.414 e. The second-order valence-corrected chi connectivity index (χ2v) is 9.53. The van der Waals surface area contributed by atoms with Crippen molar-refractivity contribution < 1.29 is 22.5 Å². The van der Waals surface area contributed by atoms with Crippen molar-refractivity contribution in [2.24, 2.45) is 4.99 Å². The summed E-state index contributed by atoms with van der Waals surface area (Å²) in [7, 11) is -1.63. The molecule has 3 rings (SSSR count). The molecule has 1 aliphatic heterocycles. The molecule has 170 valence electrons. The van der Waals surface area contributed by atoms with Crippen LogP contribution >= 0.6 is 11.6 Å². The van der Waals surface area contributed by atoms with E-state index in [1.54, 1.807) is 20.8 Å². The zero-order chi connectivity index (χ0) is 23.5. The summed E-state index contributed by atoms with van der Waals surface area (Å²) in [6.45, 7) is 5.07. The van der Waals surface area contributed by atoms with E-state index in [0.717, 1.165) is 0 Å². The van der Waals surface area contributed by atoms with Crippen molar-refractivity contribution >= 4 is 46.5 Å². The molecule has 0 bridgehead atoms. The molecule has 2 aromatic rings. The minimum atomic E-state index is -1.63. The van der Waals surface area contributed by atoms with Gasteiger partial charge in [0.15, 0.2) is 0 Å². The fourth-order valence-electron chi connectivity index (χ4n) is 2.77. The van der Waals surface area contributed by atoms with Gasteiger partial charge in [0.05, 0.1) is 22.5 Å². The minimum Gasteiger partial charge on any atom is -0.444 e. The molecule has 1 aliphatic rings. The Hall–Kier alpha value is -2.85. The van der Waals surface area contributed by atoms with Crippen LogP contribution in [-0.2, 0) is 15.7 Å². The van der Waals surface area contributed by atoms with Crippen LogP contribution in [0.2, 0.25) is 5.02 Å². The first-order valence-electron chi connectivity index (χ1n) is 9.51. The number of rotatable bonds is 3. The number of aromatic nitrogens is 1. The number of benzene rings is 1.